The third kappa shape index (κ3) is 4.74. The molecule has 0 aromatic heterocycles. The Bertz CT molecular complexity index is 419. The largest absolute Gasteiger partial charge is 0.383 e. The van der Waals surface area contributed by atoms with Crippen LogP contribution in [0.1, 0.15) is 0 Å². The summed E-state index contributed by atoms with van der Waals surface area (Å²) in [6.07, 6.45) is 0. The van der Waals surface area contributed by atoms with Crippen molar-refractivity contribution >= 4 is 55.1 Å². The van der Waals surface area contributed by atoms with Gasteiger partial charge in [-0.1, -0.05) is 11.6 Å². The van der Waals surface area contributed by atoms with Gasteiger partial charge in [0.05, 0.1) is 18.8 Å². The van der Waals surface area contributed by atoms with E-state index < -0.39 is 0 Å². The maximum atomic E-state index is 5.92. The number of nitrogens with zero attached hydrogens (tertiary/aromatic N) is 1. The average molecular weight is 401 g/mol. The van der Waals surface area contributed by atoms with E-state index in [0.717, 1.165) is 14.6 Å². The zero-order chi connectivity index (χ0) is 13.5. The first kappa shape index (κ1) is 15.7. The van der Waals surface area contributed by atoms with Crippen molar-refractivity contribution < 1.29 is 4.74 Å². The number of guanidine groups is 1. The molecule has 0 bridgehead atoms. The molecular formula is C10H13Br2ClN4O. The Balaban J connectivity index is 2.85. The van der Waals surface area contributed by atoms with Crippen molar-refractivity contribution in [3.63, 3.8) is 0 Å². The van der Waals surface area contributed by atoms with E-state index in [9.17, 15) is 0 Å². The highest BCUT2D eigenvalue weighted by Gasteiger charge is 2.08. The Labute approximate surface area is 127 Å². The van der Waals surface area contributed by atoms with Gasteiger partial charge in [0.15, 0.2) is 0 Å². The van der Waals surface area contributed by atoms with E-state index in [1.165, 1.54) is 0 Å². The third-order valence-electron chi connectivity index (χ3n) is 1.95. The van der Waals surface area contributed by atoms with Crippen LogP contribution in [-0.2, 0) is 4.74 Å². The molecule has 8 heteroatoms. The molecule has 0 saturated carbocycles. The summed E-state index contributed by atoms with van der Waals surface area (Å²) in [6.45, 7) is 1.03. The summed E-state index contributed by atoms with van der Waals surface area (Å²) < 4.78 is 6.52. The predicted octanol–water partition coefficient (Wildman–Crippen LogP) is 2.74. The van der Waals surface area contributed by atoms with Gasteiger partial charge in [0, 0.05) is 21.1 Å². The molecule has 0 amide bonds. The van der Waals surface area contributed by atoms with E-state index in [0.29, 0.717) is 24.1 Å². The Morgan fingerprint density at radius 3 is 2.56 bits per heavy atom. The van der Waals surface area contributed by atoms with Crippen LogP contribution in [0.5, 0.6) is 0 Å². The van der Waals surface area contributed by atoms with E-state index in [2.05, 4.69) is 47.6 Å². The average Bonchev–Trinajstić information content (AvgIpc) is 2.31. The van der Waals surface area contributed by atoms with Crippen LogP contribution < -0.4 is 16.6 Å². The fourth-order valence-corrected chi connectivity index (χ4v) is 3.02. The molecule has 0 heterocycles. The molecule has 0 spiro atoms. The number of ether oxygens (including phenoxy) is 1. The number of benzene rings is 1. The molecule has 0 fully saturated rings. The number of aliphatic imine (C=N–C) groups is 1. The highest BCUT2D eigenvalue weighted by Crippen LogP contribution is 2.34. The molecule has 1 aromatic carbocycles. The van der Waals surface area contributed by atoms with Crippen LogP contribution in [0.4, 0.5) is 5.69 Å². The molecule has 0 aliphatic rings. The van der Waals surface area contributed by atoms with Gasteiger partial charge in [-0.05, 0) is 44.0 Å². The number of hydrazine groups is 1. The Hall–Kier alpha value is -0.340. The lowest BCUT2D eigenvalue weighted by Gasteiger charge is -2.13. The molecule has 100 valence electrons. The van der Waals surface area contributed by atoms with Gasteiger partial charge in [0.1, 0.15) is 0 Å². The molecule has 0 unspecified atom stereocenters. The fraction of sp³-hybridized carbons (Fsp3) is 0.300. The Kier molecular flexibility index (Phi) is 6.95. The molecule has 0 aliphatic carbocycles. The van der Waals surface area contributed by atoms with Crippen molar-refractivity contribution in [3.8, 4) is 0 Å². The first-order chi connectivity index (χ1) is 8.58. The van der Waals surface area contributed by atoms with Gasteiger partial charge in [-0.15, -0.1) is 0 Å². The number of rotatable bonds is 4. The summed E-state index contributed by atoms with van der Waals surface area (Å²) in [5.74, 6) is 5.83. The topological polar surface area (TPSA) is 71.7 Å². The van der Waals surface area contributed by atoms with Gasteiger partial charge < -0.3 is 10.1 Å². The van der Waals surface area contributed by atoms with Crippen LogP contribution in [-0.4, -0.2) is 26.2 Å². The van der Waals surface area contributed by atoms with Crippen molar-refractivity contribution in [3.05, 3.63) is 26.1 Å². The normalized spacial score (nSPS) is 11.5. The molecule has 18 heavy (non-hydrogen) atoms. The minimum absolute atomic E-state index is 0.441. The quantitative estimate of drug-likeness (QED) is 0.239. The molecule has 0 radical (unpaired) electrons. The number of anilines is 1. The number of hydrogen-bond acceptors (Lipinski definition) is 3. The van der Waals surface area contributed by atoms with Crippen molar-refractivity contribution in [2.75, 3.05) is 25.6 Å². The van der Waals surface area contributed by atoms with Crippen LogP contribution in [0.2, 0.25) is 5.02 Å². The minimum atomic E-state index is 0.441. The summed E-state index contributed by atoms with van der Waals surface area (Å²) >= 11 is 12.7. The molecular weight excluding hydrogens is 387 g/mol. The number of nitrogens with one attached hydrogen (secondary N) is 2. The van der Waals surface area contributed by atoms with E-state index in [4.69, 9.17) is 22.2 Å². The molecule has 4 N–H and O–H groups in total. The zero-order valence-electron chi connectivity index (χ0n) is 9.64. The van der Waals surface area contributed by atoms with Gasteiger partial charge in [-0.2, -0.15) is 0 Å². The van der Waals surface area contributed by atoms with E-state index in [1.54, 1.807) is 19.2 Å². The lowest BCUT2D eigenvalue weighted by atomic mass is 10.3. The van der Waals surface area contributed by atoms with E-state index in [-0.39, 0.29) is 0 Å². The van der Waals surface area contributed by atoms with Crippen molar-refractivity contribution in [1.82, 2.24) is 5.43 Å². The number of nitrogens with two attached hydrogens (primary N) is 1. The Morgan fingerprint density at radius 2 is 2.06 bits per heavy atom. The molecule has 0 atom stereocenters. The van der Waals surface area contributed by atoms with Crippen LogP contribution in [0, 0.1) is 0 Å². The molecule has 0 saturated heterocycles. The predicted molar refractivity (Wildman–Crippen MR) is 82.0 cm³/mol. The lowest BCUT2D eigenvalue weighted by molar-refractivity contribution is 0.208. The minimum Gasteiger partial charge on any atom is -0.383 e. The third-order valence-corrected chi connectivity index (χ3v) is 3.42. The molecule has 1 rings (SSSR count). The van der Waals surface area contributed by atoms with E-state index >= 15 is 0 Å². The first-order valence-corrected chi connectivity index (χ1v) is 6.96. The molecule has 1 aromatic rings. The number of methoxy groups -OCH3 is 1. The van der Waals surface area contributed by atoms with Gasteiger partial charge in [0.25, 0.3) is 0 Å². The van der Waals surface area contributed by atoms with Crippen molar-refractivity contribution in [2.24, 2.45) is 10.8 Å². The fourth-order valence-electron chi connectivity index (χ4n) is 1.15. The molecule has 0 aliphatic heterocycles. The summed E-state index contributed by atoms with van der Waals surface area (Å²) in [5, 5.41) is 3.68. The highest BCUT2D eigenvalue weighted by atomic mass is 79.9. The van der Waals surface area contributed by atoms with Gasteiger partial charge in [-0.25, -0.2) is 10.8 Å². The lowest BCUT2D eigenvalue weighted by Crippen LogP contribution is -2.36. The monoisotopic (exact) mass is 398 g/mol. The number of halogens is 3. The van der Waals surface area contributed by atoms with E-state index in [1.807, 2.05) is 0 Å². The summed E-state index contributed by atoms with van der Waals surface area (Å²) in [4.78, 5) is 4.20. The van der Waals surface area contributed by atoms with Gasteiger partial charge in [0.2, 0.25) is 5.96 Å². The second-order valence-corrected chi connectivity index (χ2v) is 5.38. The standard InChI is InChI=1S/C10H13Br2ClN4O/c1-18-3-2-15-10(17-14)16-9-7(11)4-6(13)5-8(9)12/h4-5H,2-3,14H2,1H3,(H2,15,16,17). The summed E-state index contributed by atoms with van der Waals surface area (Å²) in [7, 11) is 1.62. The van der Waals surface area contributed by atoms with Crippen molar-refractivity contribution in [1.29, 1.82) is 0 Å². The maximum Gasteiger partial charge on any atom is 0.210 e. The van der Waals surface area contributed by atoms with Crippen LogP contribution in [0.25, 0.3) is 0 Å². The van der Waals surface area contributed by atoms with Crippen LogP contribution in [0.15, 0.2) is 26.1 Å². The maximum absolute atomic E-state index is 5.92. The summed E-state index contributed by atoms with van der Waals surface area (Å²) in [5.41, 5.74) is 3.27. The van der Waals surface area contributed by atoms with Crippen molar-refractivity contribution in [2.45, 2.75) is 0 Å². The van der Waals surface area contributed by atoms with Gasteiger partial charge >= 0.3 is 0 Å². The van der Waals surface area contributed by atoms with Gasteiger partial charge in [-0.3, -0.25) is 5.43 Å². The van der Waals surface area contributed by atoms with Crippen LogP contribution >= 0.6 is 43.5 Å². The second-order valence-electron chi connectivity index (χ2n) is 3.24. The second kappa shape index (κ2) is 7.96. The smallest absolute Gasteiger partial charge is 0.210 e. The zero-order valence-corrected chi connectivity index (χ0v) is 13.6. The summed E-state index contributed by atoms with van der Waals surface area (Å²) in [6, 6.07) is 3.55. The van der Waals surface area contributed by atoms with Crippen LogP contribution in [0.3, 0.4) is 0 Å². The SMILES string of the molecule is COCCN=C(NN)Nc1c(Br)cc(Cl)cc1Br. The first-order valence-electron chi connectivity index (χ1n) is 5.00. The number of hydrogen-bond donors (Lipinski definition) is 3. The molecule has 5 nitrogen and oxygen atoms in total. The Morgan fingerprint density at radius 1 is 1.44 bits per heavy atom. The highest BCUT2D eigenvalue weighted by molar-refractivity contribution is 9.11.